The molecule has 4 N–H and O–H groups in total. The maximum Gasteiger partial charge on any atom is 0.150 e. The molecule has 0 unspecified atom stereocenters. The topological polar surface area (TPSA) is 87.7 Å². The highest BCUT2D eigenvalue weighted by Crippen LogP contribution is 2.29. The monoisotopic (exact) mass is 248 g/mol. The molecule has 0 amide bonds. The quantitative estimate of drug-likeness (QED) is 0.801. The van der Waals surface area contributed by atoms with Crippen molar-refractivity contribution in [3.8, 4) is 11.3 Å². The first-order chi connectivity index (χ1) is 8.45. The predicted molar refractivity (Wildman–Crippen MR) is 72.5 cm³/mol. The minimum absolute atomic E-state index is 0.229. The van der Waals surface area contributed by atoms with Gasteiger partial charge in [-0.1, -0.05) is 20.8 Å². The van der Waals surface area contributed by atoms with E-state index >= 15 is 0 Å². The van der Waals surface area contributed by atoms with Crippen molar-refractivity contribution < 1.29 is 0 Å². The van der Waals surface area contributed by atoms with Crippen LogP contribution in [-0.2, 0) is 13.5 Å². The zero-order chi connectivity index (χ0) is 13.4. The van der Waals surface area contributed by atoms with Crippen LogP contribution in [0.1, 0.15) is 38.2 Å². The maximum absolute atomic E-state index is 6.04. The van der Waals surface area contributed by atoms with Gasteiger partial charge >= 0.3 is 0 Å². The third-order valence-electron chi connectivity index (χ3n) is 2.99. The van der Waals surface area contributed by atoms with Crippen molar-refractivity contribution in [2.45, 2.75) is 33.1 Å². The summed E-state index contributed by atoms with van der Waals surface area (Å²) in [4.78, 5) is 4.56. The summed E-state index contributed by atoms with van der Waals surface area (Å²) in [7, 11) is 1.89. The third-order valence-corrected chi connectivity index (χ3v) is 2.99. The third kappa shape index (κ3) is 1.83. The molecule has 18 heavy (non-hydrogen) atoms. The van der Waals surface area contributed by atoms with Gasteiger partial charge in [0.05, 0.1) is 5.69 Å². The van der Waals surface area contributed by atoms with Gasteiger partial charge in [-0.3, -0.25) is 4.68 Å². The number of aromatic nitrogens is 4. The minimum atomic E-state index is 0.229. The van der Waals surface area contributed by atoms with Gasteiger partial charge in [-0.05, 0) is 6.42 Å². The highest BCUT2D eigenvalue weighted by molar-refractivity contribution is 5.72. The molecule has 6 nitrogen and oxygen atoms in total. The Morgan fingerprint density at radius 2 is 2.06 bits per heavy atom. The van der Waals surface area contributed by atoms with E-state index in [1.807, 2.05) is 27.1 Å². The van der Waals surface area contributed by atoms with Gasteiger partial charge in [0.2, 0.25) is 0 Å². The summed E-state index contributed by atoms with van der Waals surface area (Å²) in [5.41, 5.74) is 8.72. The smallest absolute Gasteiger partial charge is 0.150 e. The number of rotatable bonds is 3. The molecule has 0 radical (unpaired) electrons. The van der Waals surface area contributed by atoms with Crippen LogP contribution < -0.4 is 11.6 Å². The fraction of sp³-hybridized carbons (Fsp3) is 0.500. The zero-order valence-corrected chi connectivity index (χ0v) is 11.3. The lowest BCUT2D eigenvalue weighted by atomic mass is 10.1. The average molecular weight is 248 g/mol. The first kappa shape index (κ1) is 12.5. The van der Waals surface area contributed by atoms with Gasteiger partial charge in [-0.15, -0.1) is 0 Å². The van der Waals surface area contributed by atoms with Gasteiger partial charge in [0.15, 0.2) is 5.82 Å². The lowest BCUT2D eigenvalue weighted by molar-refractivity contribution is 0.739. The van der Waals surface area contributed by atoms with E-state index < -0.39 is 0 Å². The van der Waals surface area contributed by atoms with E-state index in [-0.39, 0.29) is 5.92 Å². The molecule has 2 aromatic heterocycles. The van der Waals surface area contributed by atoms with Crippen LogP contribution in [0.2, 0.25) is 0 Å². The number of hydrogen-bond acceptors (Lipinski definition) is 4. The fourth-order valence-corrected chi connectivity index (χ4v) is 2.06. The van der Waals surface area contributed by atoms with Crippen LogP contribution in [0.15, 0.2) is 6.20 Å². The van der Waals surface area contributed by atoms with Crippen molar-refractivity contribution in [3.05, 3.63) is 17.7 Å². The zero-order valence-electron chi connectivity index (χ0n) is 11.3. The SMILES string of the molecule is CCc1nn(C)cc1-c1nc(C(C)C)n(N)c1N. The molecule has 2 aromatic rings. The molecule has 0 bridgehead atoms. The molecule has 0 fully saturated rings. The van der Waals surface area contributed by atoms with E-state index in [0.29, 0.717) is 5.82 Å². The van der Waals surface area contributed by atoms with Crippen LogP contribution in [0.4, 0.5) is 5.82 Å². The summed E-state index contributed by atoms with van der Waals surface area (Å²) >= 11 is 0. The molecule has 0 atom stereocenters. The highest BCUT2D eigenvalue weighted by atomic mass is 15.4. The van der Waals surface area contributed by atoms with Crippen molar-refractivity contribution in [1.29, 1.82) is 0 Å². The Hall–Kier alpha value is -1.98. The van der Waals surface area contributed by atoms with Gasteiger partial charge in [0.1, 0.15) is 11.5 Å². The van der Waals surface area contributed by atoms with Gasteiger partial charge in [0, 0.05) is 24.7 Å². The van der Waals surface area contributed by atoms with E-state index in [9.17, 15) is 0 Å². The Morgan fingerprint density at radius 1 is 1.39 bits per heavy atom. The first-order valence-electron chi connectivity index (χ1n) is 6.11. The summed E-state index contributed by atoms with van der Waals surface area (Å²) in [6.07, 6.45) is 2.77. The molecule has 6 heteroatoms. The van der Waals surface area contributed by atoms with Crippen LogP contribution in [0.3, 0.4) is 0 Å². The Bertz CT molecular complexity index is 563. The molecule has 0 aliphatic heterocycles. The molecule has 0 aromatic carbocycles. The second-order valence-electron chi connectivity index (χ2n) is 4.75. The molecule has 2 rings (SSSR count). The van der Waals surface area contributed by atoms with Gasteiger partial charge in [0.25, 0.3) is 0 Å². The van der Waals surface area contributed by atoms with Crippen LogP contribution in [0.5, 0.6) is 0 Å². The lowest BCUT2D eigenvalue weighted by Gasteiger charge is -2.04. The van der Waals surface area contributed by atoms with E-state index in [0.717, 1.165) is 29.2 Å². The van der Waals surface area contributed by atoms with E-state index in [4.69, 9.17) is 11.6 Å². The number of imidazole rings is 1. The van der Waals surface area contributed by atoms with Crippen LogP contribution in [0, 0.1) is 0 Å². The Morgan fingerprint density at radius 3 is 2.56 bits per heavy atom. The van der Waals surface area contributed by atoms with Crippen LogP contribution in [-0.4, -0.2) is 19.4 Å². The highest BCUT2D eigenvalue weighted by Gasteiger charge is 2.20. The minimum Gasteiger partial charge on any atom is -0.382 e. The summed E-state index contributed by atoms with van der Waals surface area (Å²) in [5.74, 6) is 7.44. The van der Waals surface area contributed by atoms with Crippen molar-refractivity contribution in [1.82, 2.24) is 19.4 Å². The molecule has 0 aliphatic carbocycles. The molecule has 0 saturated carbocycles. The largest absolute Gasteiger partial charge is 0.382 e. The Balaban J connectivity index is 2.60. The second-order valence-corrected chi connectivity index (χ2v) is 4.75. The van der Waals surface area contributed by atoms with Crippen molar-refractivity contribution in [3.63, 3.8) is 0 Å². The molecule has 0 spiro atoms. The lowest BCUT2D eigenvalue weighted by Crippen LogP contribution is -2.16. The first-order valence-corrected chi connectivity index (χ1v) is 6.11. The van der Waals surface area contributed by atoms with Gasteiger partial charge in [-0.25, -0.2) is 9.66 Å². The van der Waals surface area contributed by atoms with Crippen LogP contribution in [0.25, 0.3) is 11.3 Å². The number of aryl methyl sites for hydroxylation is 2. The number of nitrogens with two attached hydrogens (primary N) is 2. The molecule has 2 heterocycles. The standard InChI is InChI=1S/C12H20N6/c1-5-9-8(6-17(4)16-9)10-11(13)18(14)12(15-10)7(2)3/h6-7H,5,13-14H2,1-4H3. The van der Waals surface area contributed by atoms with Crippen molar-refractivity contribution >= 4 is 5.82 Å². The number of nitrogen functional groups attached to an aromatic ring is 2. The summed E-state index contributed by atoms with van der Waals surface area (Å²) in [6, 6.07) is 0. The summed E-state index contributed by atoms with van der Waals surface area (Å²) in [6.45, 7) is 6.14. The number of hydrogen-bond donors (Lipinski definition) is 2. The molecule has 98 valence electrons. The molecular formula is C12H20N6. The second kappa shape index (κ2) is 4.36. The van der Waals surface area contributed by atoms with E-state index in [1.165, 1.54) is 4.68 Å². The Labute approximate surface area is 107 Å². The molecule has 0 saturated heterocycles. The maximum atomic E-state index is 6.04. The van der Waals surface area contributed by atoms with Crippen molar-refractivity contribution in [2.24, 2.45) is 7.05 Å². The predicted octanol–water partition coefficient (Wildman–Crippen LogP) is 1.27. The van der Waals surface area contributed by atoms with Crippen molar-refractivity contribution in [2.75, 3.05) is 11.6 Å². The summed E-state index contributed by atoms with van der Waals surface area (Å²) in [5, 5.41) is 4.40. The van der Waals surface area contributed by atoms with Gasteiger partial charge < -0.3 is 11.6 Å². The summed E-state index contributed by atoms with van der Waals surface area (Å²) < 4.78 is 3.24. The van der Waals surface area contributed by atoms with Gasteiger partial charge in [-0.2, -0.15) is 5.10 Å². The number of nitrogens with zero attached hydrogens (tertiary/aromatic N) is 4. The van der Waals surface area contributed by atoms with Crippen LogP contribution >= 0.6 is 0 Å². The normalized spacial score (nSPS) is 11.4. The Kier molecular flexibility index (Phi) is 3.02. The van der Waals surface area contributed by atoms with E-state index in [2.05, 4.69) is 17.0 Å². The number of anilines is 1. The average Bonchev–Trinajstić information content (AvgIpc) is 2.81. The van der Waals surface area contributed by atoms with E-state index in [1.54, 1.807) is 4.68 Å². The molecular weight excluding hydrogens is 228 g/mol. The fourth-order valence-electron chi connectivity index (χ4n) is 2.06. The molecule has 0 aliphatic rings.